The average molecular weight is 217 g/mol. The normalized spacial score (nSPS) is 10.7. The first-order valence-electron chi connectivity index (χ1n) is 5.32. The second kappa shape index (κ2) is 4.89. The standard InChI is InChI=1S/C13H19N3/c1-6-10-16(5)12-9-7-8-11(14-12)15-13(2,3)4/h1,7-9H,10H2,2-5H3,(H,14,15). The lowest BCUT2D eigenvalue weighted by atomic mass is 10.1. The molecule has 0 aliphatic heterocycles. The van der Waals surface area contributed by atoms with E-state index in [-0.39, 0.29) is 5.54 Å². The monoisotopic (exact) mass is 217 g/mol. The molecule has 86 valence electrons. The van der Waals surface area contributed by atoms with Crippen molar-refractivity contribution in [3.05, 3.63) is 18.2 Å². The lowest BCUT2D eigenvalue weighted by molar-refractivity contribution is 0.630. The Morgan fingerprint density at radius 1 is 1.44 bits per heavy atom. The van der Waals surface area contributed by atoms with E-state index in [1.807, 2.05) is 30.1 Å². The highest BCUT2D eigenvalue weighted by atomic mass is 15.2. The molecule has 0 aliphatic rings. The summed E-state index contributed by atoms with van der Waals surface area (Å²) in [7, 11) is 1.93. The Balaban J connectivity index is 2.83. The maximum atomic E-state index is 5.27. The predicted molar refractivity (Wildman–Crippen MR) is 69.7 cm³/mol. The van der Waals surface area contributed by atoms with Gasteiger partial charge in [-0.25, -0.2) is 4.98 Å². The number of nitrogens with zero attached hydrogens (tertiary/aromatic N) is 2. The number of aromatic nitrogens is 1. The maximum Gasteiger partial charge on any atom is 0.131 e. The highest BCUT2D eigenvalue weighted by molar-refractivity contribution is 5.48. The van der Waals surface area contributed by atoms with Crippen LogP contribution in [0.5, 0.6) is 0 Å². The van der Waals surface area contributed by atoms with Gasteiger partial charge in [0, 0.05) is 12.6 Å². The van der Waals surface area contributed by atoms with E-state index in [1.165, 1.54) is 0 Å². The number of anilines is 2. The highest BCUT2D eigenvalue weighted by Gasteiger charge is 2.10. The quantitative estimate of drug-likeness (QED) is 0.788. The molecule has 1 N–H and O–H groups in total. The largest absolute Gasteiger partial charge is 0.365 e. The number of hydrogen-bond donors (Lipinski definition) is 1. The van der Waals surface area contributed by atoms with Crippen molar-refractivity contribution in [2.45, 2.75) is 26.3 Å². The summed E-state index contributed by atoms with van der Waals surface area (Å²) >= 11 is 0. The number of nitrogens with one attached hydrogen (secondary N) is 1. The minimum atomic E-state index is 0.0102. The van der Waals surface area contributed by atoms with Crippen molar-refractivity contribution in [2.24, 2.45) is 0 Å². The molecule has 0 saturated heterocycles. The third kappa shape index (κ3) is 3.82. The van der Waals surface area contributed by atoms with Crippen molar-refractivity contribution >= 4 is 11.6 Å². The van der Waals surface area contributed by atoms with Gasteiger partial charge in [0.1, 0.15) is 11.6 Å². The molecule has 0 amide bonds. The van der Waals surface area contributed by atoms with Gasteiger partial charge in [0.25, 0.3) is 0 Å². The third-order valence-corrected chi connectivity index (χ3v) is 1.96. The van der Waals surface area contributed by atoms with Crippen LogP contribution in [0.4, 0.5) is 11.6 Å². The molecule has 3 nitrogen and oxygen atoms in total. The third-order valence-electron chi connectivity index (χ3n) is 1.96. The van der Waals surface area contributed by atoms with E-state index in [0.717, 1.165) is 11.6 Å². The van der Waals surface area contributed by atoms with Crippen LogP contribution in [0, 0.1) is 12.3 Å². The van der Waals surface area contributed by atoms with E-state index in [1.54, 1.807) is 0 Å². The summed E-state index contributed by atoms with van der Waals surface area (Å²) in [6.45, 7) is 6.87. The molecule has 0 saturated carbocycles. The van der Waals surface area contributed by atoms with Gasteiger partial charge in [-0.3, -0.25) is 0 Å². The van der Waals surface area contributed by atoms with E-state index < -0.39 is 0 Å². The predicted octanol–water partition coefficient (Wildman–Crippen LogP) is 2.36. The summed E-state index contributed by atoms with van der Waals surface area (Å²) < 4.78 is 0. The van der Waals surface area contributed by atoms with Crippen molar-refractivity contribution in [2.75, 3.05) is 23.8 Å². The molecule has 1 aromatic rings. The molecule has 0 bridgehead atoms. The average Bonchev–Trinajstić information content (AvgIpc) is 2.16. The number of terminal acetylenes is 1. The lowest BCUT2D eigenvalue weighted by Gasteiger charge is -2.22. The first-order chi connectivity index (χ1) is 7.42. The minimum Gasteiger partial charge on any atom is -0.365 e. The summed E-state index contributed by atoms with van der Waals surface area (Å²) in [6.07, 6.45) is 5.27. The summed E-state index contributed by atoms with van der Waals surface area (Å²) in [6, 6.07) is 5.88. The molecule has 0 atom stereocenters. The maximum absolute atomic E-state index is 5.27. The second-order valence-corrected chi connectivity index (χ2v) is 4.82. The Morgan fingerprint density at radius 2 is 2.12 bits per heavy atom. The molecule has 0 aliphatic carbocycles. The molecule has 3 heteroatoms. The van der Waals surface area contributed by atoms with Crippen molar-refractivity contribution in [1.82, 2.24) is 4.98 Å². The molecule has 0 unspecified atom stereocenters. The van der Waals surface area contributed by atoms with Gasteiger partial charge >= 0.3 is 0 Å². The van der Waals surface area contributed by atoms with Crippen LogP contribution in [0.1, 0.15) is 20.8 Å². The zero-order valence-electron chi connectivity index (χ0n) is 10.4. The van der Waals surface area contributed by atoms with Crippen LogP contribution in [0.15, 0.2) is 18.2 Å². The summed E-state index contributed by atoms with van der Waals surface area (Å²) in [5, 5.41) is 3.33. The molecular formula is C13H19N3. The van der Waals surface area contributed by atoms with E-state index in [0.29, 0.717) is 6.54 Å². The van der Waals surface area contributed by atoms with Crippen LogP contribution in [0.2, 0.25) is 0 Å². The Bertz CT molecular complexity index is 385. The van der Waals surface area contributed by atoms with Crippen molar-refractivity contribution in [3.63, 3.8) is 0 Å². The smallest absolute Gasteiger partial charge is 0.131 e. The van der Waals surface area contributed by atoms with E-state index >= 15 is 0 Å². The van der Waals surface area contributed by atoms with Crippen LogP contribution >= 0.6 is 0 Å². The van der Waals surface area contributed by atoms with E-state index in [4.69, 9.17) is 6.42 Å². The topological polar surface area (TPSA) is 28.2 Å². The van der Waals surface area contributed by atoms with E-state index in [2.05, 4.69) is 37.0 Å². The molecule has 1 rings (SSSR count). The van der Waals surface area contributed by atoms with Crippen LogP contribution in [-0.2, 0) is 0 Å². The molecule has 0 aromatic carbocycles. The Hall–Kier alpha value is -1.69. The summed E-state index contributed by atoms with van der Waals surface area (Å²) in [4.78, 5) is 6.43. The highest BCUT2D eigenvalue weighted by Crippen LogP contribution is 2.16. The Morgan fingerprint density at radius 3 is 2.69 bits per heavy atom. The number of hydrogen-bond acceptors (Lipinski definition) is 3. The van der Waals surface area contributed by atoms with Gasteiger partial charge in [0.05, 0.1) is 6.54 Å². The summed E-state index contributed by atoms with van der Waals surface area (Å²) in [5.74, 6) is 4.35. The fraction of sp³-hybridized carbons (Fsp3) is 0.462. The van der Waals surface area contributed by atoms with Gasteiger partial charge in [-0.05, 0) is 32.9 Å². The first-order valence-corrected chi connectivity index (χ1v) is 5.32. The zero-order valence-corrected chi connectivity index (χ0v) is 10.4. The molecule has 16 heavy (non-hydrogen) atoms. The van der Waals surface area contributed by atoms with Gasteiger partial charge in [-0.1, -0.05) is 12.0 Å². The van der Waals surface area contributed by atoms with Gasteiger partial charge in [0.15, 0.2) is 0 Å². The number of rotatable bonds is 3. The van der Waals surface area contributed by atoms with Gasteiger partial charge in [-0.15, -0.1) is 6.42 Å². The van der Waals surface area contributed by atoms with Crippen LogP contribution in [0.3, 0.4) is 0 Å². The lowest BCUT2D eigenvalue weighted by Crippen LogP contribution is -2.27. The van der Waals surface area contributed by atoms with Crippen LogP contribution in [-0.4, -0.2) is 24.1 Å². The molecule has 0 spiro atoms. The van der Waals surface area contributed by atoms with Crippen molar-refractivity contribution in [1.29, 1.82) is 0 Å². The van der Waals surface area contributed by atoms with Gasteiger partial charge in [-0.2, -0.15) is 0 Å². The Kier molecular flexibility index (Phi) is 3.78. The molecule has 1 aromatic heterocycles. The fourth-order valence-electron chi connectivity index (χ4n) is 1.31. The molecule has 1 heterocycles. The van der Waals surface area contributed by atoms with Crippen LogP contribution < -0.4 is 10.2 Å². The number of pyridine rings is 1. The zero-order chi connectivity index (χ0) is 12.2. The first kappa shape index (κ1) is 12.4. The van der Waals surface area contributed by atoms with Gasteiger partial charge < -0.3 is 10.2 Å². The van der Waals surface area contributed by atoms with Gasteiger partial charge in [0.2, 0.25) is 0 Å². The molecule has 0 radical (unpaired) electrons. The second-order valence-electron chi connectivity index (χ2n) is 4.82. The fourth-order valence-corrected chi connectivity index (χ4v) is 1.31. The molecular weight excluding hydrogens is 198 g/mol. The van der Waals surface area contributed by atoms with E-state index in [9.17, 15) is 0 Å². The minimum absolute atomic E-state index is 0.0102. The van der Waals surface area contributed by atoms with Crippen LogP contribution in [0.25, 0.3) is 0 Å². The summed E-state index contributed by atoms with van der Waals surface area (Å²) in [5.41, 5.74) is 0.0102. The SMILES string of the molecule is C#CCN(C)c1cccc(NC(C)(C)C)n1. The van der Waals surface area contributed by atoms with Crippen molar-refractivity contribution in [3.8, 4) is 12.3 Å². The van der Waals surface area contributed by atoms with Crippen molar-refractivity contribution < 1.29 is 0 Å². The molecule has 0 fully saturated rings. The Labute approximate surface area is 97.9 Å².